The first kappa shape index (κ1) is 16.3. The highest BCUT2D eigenvalue weighted by Gasteiger charge is 2.28. The number of hydrogen-bond acceptors (Lipinski definition) is 5. The summed E-state index contributed by atoms with van der Waals surface area (Å²) in [5.41, 5.74) is -0.0833. The van der Waals surface area contributed by atoms with Crippen molar-refractivity contribution in [2.75, 3.05) is 6.61 Å². The van der Waals surface area contributed by atoms with Gasteiger partial charge < -0.3 is 4.74 Å². The zero-order valence-electron chi connectivity index (χ0n) is 12.3. The van der Waals surface area contributed by atoms with Crippen LogP contribution in [0, 0.1) is 15.9 Å². The number of nitro groups is 1. The zero-order valence-corrected chi connectivity index (χ0v) is 13.1. The molecule has 0 unspecified atom stereocenters. The van der Waals surface area contributed by atoms with Gasteiger partial charge in [-0.05, 0) is 12.1 Å². The van der Waals surface area contributed by atoms with E-state index in [-0.39, 0.29) is 4.90 Å². The minimum atomic E-state index is -4.04. The number of rotatable bonds is 4. The number of nitro benzene ring substituents is 1. The van der Waals surface area contributed by atoms with E-state index >= 15 is 0 Å². The Morgan fingerprint density at radius 2 is 2.00 bits per heavy atom. The van der Waals surface area contributed by atoms with Crippen LogP contribution in [0.4, 0.5) is 10.1 Å². The monoisotopic (exact) mass is 352 g/mol. The molecule has 1 atom stereocenters. The molecule has 0 radical (unpaired) electrons. The van der Waals surface area contributed by atoms with Crippen molar-refractivity contribution in [3.05, 3.63) is 64.0 Å². The SMILES string of the molecule is O=[N+]([O-])c1ccc(S(=O)(=O)N[C@@H]2CCOc3ccccc32)cc1F. The molecule has 24 heavy (non-hydrogen) atoms. The van der Waals surface area contributed by atoms with Gasteiger partial charge in [0.2, 0.25) is 15.8 Å². The first-order valence-electron chi connectivity index (χ1n) is 7.06. The molecular weight excluding hydrogens is 339 g/mol. The molecule has 0 amide bonds. The third-order valence-electron chi connectivity index (χ3n) is 3.68. The van der Waals surface area contributed by atoms with Crippen LogP contribution in [0.2, 0.25) is 0 Å². The molecule has 2 aromatic rings. The lowest BCUT2D eigenvalue weighted by Crippen LogP contribution is -2.32. The molecule has 7 nitrogen and oxygen atoms in total. The van der Waals surface area contributed by atoms with Crippen molar-refractivity contribution in [1.82, 2.24) is 4.72 Å². The van der Waals surface area contributed by atoms with E-state index < -0.39 is 32.5 Å². The van der Waals surface area contributed by atoms with E-state index in [1.165, 1.54) is 0 Å². The van der Waals surface area contributed by atoms with E-state index in [1.54, 1.807) is 24.3 Å². The summed E-state index contributed by atoms with van der Waals surface area (Å²) in [4.78, 5) is 9.35. The summed E-state index contributed by atoms with van der Waals surface area (Å²) in [6, 6.07) is 9.00. The van der Waals surface area contributed by atoms with Crippen LogP contribution in [0.3, 0.4) is 0 Å². The average molecular weight is 352 g/mol. The molecule has 2 aromatic carbocycles. The predicted octanol–water partition coefficient (Wildman–Crippen LogP) is 2.54. The van der Waals surface area contributed by atoms with Gasteiger partial charge in [0.15, 0.2) is 0 Å². The molecular formula is C15H13FN2O5S. The predicted molar refractivity (Wildman–Crippen MR) is 82.7 cm³/mol. The number of benzene rings is 2. The van der Waals surface area contributed by atoms with E-state index in [0.717, 1.165) is 12.1 Å². The Morgan fingerprint density at radius 1 is 1.25 bits per heavy atom. The maximum absolute atomic E-state index is 13.7. The van der Waals surface area contributed by atoms with Gasteiger partial charge in [0.1, 0.15) is 5.75 Å². The van der Waals surface area contributed by atoms with Crippen LogP contribution in [0.15, 0.2) is 47.4 Å². The fourth-order valence-electron chi connectivity index (χ4n) is 2.52. The molecule has 3 rings (SSSR count). The van der Waals surface area contributed by atoms with E-state index in [9.17, 15) is 22.9 Å². The smallest absolute Gasteiger partial charge is 0.304 e. The molecule has 0 bridgehead atoms. The maximum Gasteiger partial charge on any atom is 0.304 e. The lowest BCUT2D eigenvalue weighted by Gasteiger charge is -2.26. The summed E-state index contributed by atoms with van der Waals surface area (Å²) in [6.45, 7) is 0.346. The molecule has 1 aliphatic heterocycles. The van der Waals surface area contributed by atoms with Crippen LogP contribution in [0.1, 0.15) is 18.0 Å². The standard InChI is InChI=1S/C15H13FN2O5S/c16-12-9-10(5-6-14(12)18(19)20)24(21,22)17-13-7-8-23-15-4-2-1-3-11(13)15/h1-6,9,13,17H,7-8H2/t13-/m1/s1. The van der Waals surface area contributed by atoms with Crippen molar-refractivity contribution in [2.45, 2.75) is 17.4 Å². The van der Waals surface area contributed by atoms with E-state index in [0.29, 0.717) is 30.4 Å². The molecule has 126 valence electrons. The van der Waals surface area contributed by atoms with Crippen LogP contribution >= 0.6 is 0 Å². The van der Waals surface area contributed by atoms with E-state index in [1.807, 2.05) is 0 Å². The third-order valence-corrected chi connectivity index (χ3v) is 5.15. The molecule has 0 aromatic heterocycles. The summed E-state index contributed by atoms with van der Waals surface area (Å²) >= 11 is 0. The first-order valence-corrected chi connectivity index (χ1v) is 8.55. The van der Waals surface area contributed by atoms with Crippen LogP contribution in [0.5, 0.6) is 5.75 Å². The summed E-state index contributed by atoms with van der Waals surface area (Å²) in [5, 5.41) is 10.6. The number of ether oxygens (including phenoxy) is 1. The Labute approximate surface area is 137 Å². The zero-order chi connectivity index (χ0) is 17.3. The van der Waals surface area contributed by atoms with E-state index in [2.05, 4.69) is 4.72 Å². The number of hydrogen-bond donors (Lipinski definition) is 1. The quantitative estimate of drug-likeness (QED) is 0.673. The van der Waals surface area contributed by atoms with E-state index in [4.69, 9.17) is 4.74 Å². The number of fused-ring (bicyclic) bond motifs is 1. The second-order valence-corrected chi connectivity index (χ2v) is 6.93. The van der Waals surface area contributed by atoms with Gasteiger partial charge in [-0.1, -0.05) is 18.2 Å². The van der Waals surface area contributed by atoms with Gasteiger partial charge in [0, 0.05) is 24.1 Å². The minimum absolute atomic E-state index is 0.346. The minimum Gasteiger partial charge on any atom is -0.493 e. The molecule has 0 aliphatic carbocycles. The Kier molecular flexibility index (Phi) is 4.20. The number of sulfonamides is 1. The van der Waals surface area contributed by atoms with Crippen molar-refractivity contribution >= 4 is 15.7 Å². The van der Waals surface area contributed by atoms with Gasteiger partial charge in [-0.2, -0.15) is 4.39 Å². The van der Waals surface area contributed by atoms with Gasteiger partial charge >= 0.3 is 5.69 Å². The maximum atomic E-state index is 13.7. The van der Waals surface area contributed by atoms with Crippen molar-refractivity contribution in [3.63, 3.8) is 0 Å². The van der Waals surface area contributed by atoms with Crippen molar-refractivity contribution in [1.29, 1.82) is 0 Å². The van der Waals surface area contributed by atoms with Crippen molar-refractivity contribution in [3.8, 4) is 5.75 Å². The largest absolute Gasteiger partial charge is 0.493 e. The van der Waals surface area contributed by atoms with Crippen molar-refractivity contribution < 1.29 is 22.5 Å². The van der Waals surface area contributed by atoms with Crippen LogP contribution in [-0.4, -0.2) is 19.9 Å². The van der Waals surface area contributed by atoms with Gasteiger partial charge in [0.05, 0.1) is 22.5 Å². The topological polar surface area (TPSA) is 98.5 Å². The normalized spacial score (nSPS) is 17.0. The summed E-state index contributed by atoms with van der Waals surface area (Å²) in [6.07, 6.45) is 0.422. The molecule has 0 saturated carbocycles. The molecule has 1 heterocycles. The third kappa shape index (κ3) is 3.08. The fraction of sp³-hybridized carbons (Fsp3) is 0.200. The first-order chi connectivity index (χ1) is 11.4. The summed E-state index contributed by atoms with van der Waals surface area (Å²) in [5.74, 6) is -0.610. The molecule has 0 saturated heterocycles. The van der Waals surface area contributed by atoms with Crippen molar-refractivity contribution in [2.24, 2.45) is 0 Å². The van der Waals surface area contributed by atoms with Gasteiger partial charge in [-0.25, -0.2) is 13.1 Å². The highest BCUT2D eigenvalue weighted by molar-refractivity contribution is 7.89. The molecule has 0 fully saturated rings. The molecule has 1 N–H and O–H groups in total. The average Bonchev–Trinajstić information content (AvgIpc) is 2.54. The second-order valence-electron chi connectivity index (χ2n) is 5.22. The van der Waals surface area contributed by atoms with Crippen LogP contribution < -0.4 is 9.46 Å². The van der Waals surface area contributed by atoms with Crippen LogP contribution in [0.25, 0.3) is 0 Å². The number of nitrogens with zero attached hydrogens (tertiary/aromatic N) is 1. The lowest BCUT2D eigenvalue weighted by atomic mass is 10.0. The number of nitrogens with one attached hydrogen (secondary N) is 1. The van der Waals surface area contributed by atoms with Crippen LogP contribution in [-0.2, 0) is 10.0 Å². The fourth-order valence-corrected chi connectivity index (χ4v) is 3.78. The Morgan fingerprint density at radius 3 is 2.71 bits per heavy atom. The number of halogens is 1. The molecule has 0 spiro atoms. The lowest BCUT2D eigenvalue weighted by molar-refractivity contribution is -0.387. The Balaban J connectivity index is 1.90. The number of para-hydroxylation sites is 1. The summed E-state index contributed by atoms with van der Waals surface area (Å²) in [7, 11) is -4.04. The Bertz CT molecular complexity index is 900. The highest BCUT2D eigenvalue weighted by Crippen LogP contribution is 2.33. The second kappa shape index (κ2) is 6.17. The van der Waals surface area contributed by atoms with Gasteiger partial charge in [0.25, 0.3) is 0 Å². The molecule has 9 heteroatoms. The Hall–Kier alpha value is -2.52. The van der Waals surface area contributed by atoms with Gasteiger partial charge in [-0.3, -0.25) is 10.1 Å². The summed E-state index contributed by atoms with van der Waals surface area (Å²) < 4.78 is 46.6. The van der Waals surface area contributed by atoms with Gasteiger partial charge in [-0.15, -0.1) is 0 Å². The highest BCUT2D eigenvalue weighted by atomic mass is 32.2. The molecule has 1 aliphatic rings.